The molecule has 0 aromatic heterocycles. The van der Waals surface area contributed by atoms with E-state index in [2.05, 4.69) is 12.7 Å². The Morgan fingerprint density at radius 1 is 0.900 bits per heavy atom. The molecule has 0 saturated heterocycles. The second-order valence-corrected chi connectivity index (χ2v) is 6.20. The van der Waals surface area contributed by atoms with E-state index in [1.54, 1.807) is 0 Å². The van der Waals surface area contributed by atoms with E-state index in [9.17, 15) is 4.79 Å². The number of rotatable bonds is 13. The number of hydrogen-bond acceptors (Lipinski definition) is 2. The highest BCUT2D eigenvalue weighted by Crippen LogP contribution is 2.10. The van der Waals surface area contributed by atoms with Crippen molar-refractivity contribution in [2.24, 2.45) is 5.92 Å². The number of carbonyl (C=O) groups excluding carboxylic acids is 1. The van der Waals surface area contributed by atoms with Crippen LogP contribution in [0, 0.1) is 5.92 Å². The summed E-state index contributed by atoms with van der Waals surface area (Å²) in [4.78, 5) is 11.6. The third kappa shape index (κ3) is 11.3. The van der Waals surface area contributed by atoms with Gasteiger partial charge in [-0.1, -0.05) is 78.6 Å². The van der Waals surface area contributed by atoms with Gasteiger partial charge in [-0.05, 0) is 6.42 Å². The molecule has 120 valence electrons. The van der Waals surface area contributed by atoms with Crippen LogP contribution in [0.5, 0.6) is 0 Å². The Kier molecular flexibility index (Phi) is 13.0. The minimum Gasteiger partial charge on any atom is -0.461 e. The molecular formula is C17H36NO2+. The number of carbonyl (C=O) groups is 1. The predicted octanol–water partition coefficient (Wildman–Crippen LogP) is 3.72. The Morgan fingerprint density at radius 2 is 1.35 bits per heavy atom. The molecule has 3 nitrogen and oxygen atoms in total. The van der Waals surface area contributed by atoms with Crippen LogP contribution in [0.3, 0.4) is 0 Å². The third-order valence-electron chi connectivity index (χ3n) is 3.85. The van der Waals surface area contributed by atoms with Crippen molar-refractivity contribution < 1.29 is 15.3 Å². The molecule has 0 radical (unpaired) electrons. The minimum atomic E-state index is -0.224. The number of esters is 1. The standard InChI is InChI=1S/C17H35NO2/c1-4-5-6-7-8-9-10-11-12-13-14-20-17(19)16(18)15(2)3/h15-16H,4-14,18H2,1-3H3/p+1. The Morgan fingerprint density at radius 3 is 1.80 bits per heavy atom. The Hall–Kier alpha value is -0.570. The van der Waals surface area contributed by atoms with Crippen LogP contribution in [-0.4, -0.2) is 18.6 Å². The molecule has 1 atom stereocenters. The molecule has 1 unspecified atom stereocenters. The van der Waals surface area contributed by atoms with Crippen LogP contribution in [0.2, 0.25) is 0 Å². The van der Waals surface area contributed by atoms with Gasteiger partial charge in [-0.3, -0.25) is 0 Å². The maximum atomic E-state index is 11.6. The van der Waals surface area contributed by atoms with Crippen molar-refractivity contribution in [3.8, 4) is 0 Å². The van der Waals surface area contributed by atoms with E-state index in [0.717, 1.165) is 6.42 Å². The van der Waals surface area contributed by atoms with Crippen LogP contribution < -0.4 is 5.73 Å². The highest BCUT2D eigenvalue weighted by Gasteiger charge is 2.22. The van der Waals surface area contributed by atoms with Crippen molar-refractivity contribution in [2.45, 2.75) is 91.0 Å². The lowest BCUT2D eigenvalue weighted by Crippen LogP contribution is -2.67. The van der Waals surface area contributed by atoms with Gasteiger partial charge in [-0.25, -0.2) is 4.79 Å². The first-order valence-corrected chi connectivity index (χ1v) is 8.59. The Balaban J connectivity index is 3.23. The molecule has 0 amide bonds. The normalized spacial score (nSPS) is 12.7. The quantitative estimate of drug-likeness (QED) is 0.414. The van der Waals surface area contributed by atoms with Gasteiger partial charge < -0.3 is 10.5 Å². The SMILES string of the molecule is CCCCCCCCCCCCOC(=O)C([NH3+])C(C)C. The van der Waals surface area contributed by atoms with Crippen molar-refractivity contribution in [3.05, 3.63) is 0 Å². The second kappa shape index (κ2) is 13.4. The van der Waals surface area contributed by atoms with Crippen LogP contribution in [0.15, 0.2) is 0 Å². The van der Waals surface area contributed by atoms with Crippen LogP contribution in [0.4, 0.5) is 0 Å². The first kappa shape index (κ1) is 19.4. The molecule has 0 aliphatic carbocycles. The number of quaternary nitrogens is 1. The van der Waals surface area contributed by atoms with Gasteiger partial charge in [-0.15, -0.1) is 0 Å². The van der Waals surface area contributed by atoms with Crippen molar-refractivity contribution in [1.82, 2.24) is 0 Å². The summed E-state index contributed by atoms with van der Waals surface area (Å²) >= 11 is 0. The number of ether oxygens (including phenoxy) is 1. The topological polar surface area (TPSA) is 53.9 Å². The minimum absolute atomic E-state index is 0.143. The highest BCUT2D eigenvalue weighted by atomic mass is 16.5. The summed E-state index contributed by atoms with van der Waals surface area (Å²) in [5.74, 6) is 0.117. The number of unbranched alkanes of at least 4 members (excludes halogenated alkanes) is 9. The van der Waals surface area contributed by atoms with Crippen LogP contribution in [0.25, 0.3) is 0 Å². The molecule has 0 fully saturated rings. The summed E-state index contributed by atoms with van der Waals surface area (Å²) < 4.78 is 5.24. The Bertz CT molecular complexity index is 229. The zero-order valence-corrected chi connectivity index (χ0v) is 14.0. The van der Waals surface area contributed by atoms with Gasteiger partial charge in [0.15, 0.2) is 6.04 Å². The molecule has 0 aliphatic heterocycles. The van der Waals surface area contributed by atoms with Gasteiger partial charge in [0.25, 0.3) is 0 Å². The molecule has 0 aliphatic rings. The van der Waals surface area contributed by atoms with Crippen LogP contribution in [0.1, 0.15) is 85.0 Å². The molecule has 0 aromatic carbocycles. The molecule has 0 aromatic rings. The maximum absolute atomic E-state index is 11.6. The van der Waals surface area contributed by atoms with E-state index in [-0.39, 0.29) is 17.9 Å². The molecule has 3 N–H and O–H groups in total. The van der Waals surface area contributed by atoms with Crippen molar-refractivity contribution in [1.29, 1.82) is 0 Å². The molecule has 20 heavy (non-hydrogen) atoms. The zero-order valence-electron chi connectivity index (χ0n) is 14.0. The van der Waals surface area contributed by atoms with E-state index in [0.29, 0.717) is 6.61 Å². The van der Waals surface area contributed by atoms with E-state index < -0.39 is 0 Å². The average molecular weight is 286 g/mol. The lowest BCUT2D eigenvalue weighted by molar-refractivity contribution is -0.418. The highest BCUT2D eigenvalue weighted by molar-refractivity contribution is 5.74. The van der Waals surface area contributed by atoms with E-state index in [1.807, 2.05) is 13.8 Å². The van der Waals surface area contributed by atoms with Gasteiger partial charge >= 0.3 is 5.97 Å². The summed E-state index contributed by atoms with van der Waals surface area (Å²) in [6, 6.07) is -0.224. The average Bonchev–Trinajstić information content (AvgIpc) is 2.43. The third-order valence-corrected chi connectivity index (χ3v) is 3.85. The summed E-state index contributed by atoms with van der Waals surface area (Å²) in [5.41, 5.74) is 3.83. The molecular weight excluding hydrogens is 250 g/mol. The lowest BCUT2D eigenvalue weighted by atomic mass is 10.1. The smallest absolute Gasteiger partial charge is 0.365 e. The number of hydrogen-bond donors (Lipinski definition) is 1. The van der Waals surface area contributed by atoms with E-state index in [1.165, 1.54) is 57.8 Å². The van der Waals surface area contributed by atoms with Gasteiger partial charge in [0.2, 0.25) is 0 Å². The maximum Gasteiger partial charge on any atom is 0.365 e. The summed E-state index contributed by atoms with van der Waals surface area (Å²) in [6.07, 6.45) is 13.0. The van der Waals surface area contributed by atoms with E-state index in [4.69, 9.17) is 4.74 Å². The van der Waals surface area contributed by atoms with Crippen molar-refractivity contribution >= 4 is 5.97 Å². The van der Waals surface area contributed by atoms with Crippen LogP contribution in [-0.2, 0) is 9.53 Å². The van der Waals surface area contributed by atoms with Gasteiger partial charge in [0.05, 0.1) is 6.61 Å². The summed E-state index contributed by atoms with van der Waals surface area (Å²) in [6.45, 7) is 6.82. The molecule has 0 bridgehead atoms. The monoisotopic (exact) mass is 286 g/mol. The summed E-state index contributed by atoms with van der Waals surface area (Å²) in [5, 5.41) is 0. The first-order chi connectivity index (χ1) is 9.59. The second-order valence-electron chi connectivity index (χ2n) is 6.20. The molecule has 3 heteroatoms. The summed E-state index contributed by atoms with van der Waals surface area (Å²) in [7, 11) is 0. The van der Waals surface area contributed by atoms with Gasteiger partial charge in [0.1, 0.15) is 0 Å². The van der Waals surface area contributed by atoms with Crippen LogP contribution >= 0.6 is 0 Å². The van der Waals surface area contributed by atoms with Gasteiger partial charge in [-0.2, -0.15) is 0 Å². The zero-order chi connectivity index (χ0) is 15.2. The predicted molar refractivity (Wildman–Crippen MR) is 84.3 cm³/mol. The largest absolute Gasteiger partial charge is 0.461 e. The van der Waals surface area contributed by atoms with Crippen molar-refractivity contribution in [2.75, 3.05) is 6.61 Å². The molecule has 0 spiro atoms. The fraction of sp³-hybridized carbons (Fsp3) is 0.941. The molecule has 0 rings (SSSR count). The fourth-order valence-corrected chi connectivity index (χ4v) is 2.14. The lowest BCUT2D eigenvalue weighted by Gasteiger charge is -2.11. The molecule has 0 heterocycles. The van der Waals surface area contributed by atoms with Crippen molar-refractivity contribution in [3.63, 3.8) is 0 Å². The van der Waals surface area contributed by atoms with E-state index >= 15 is 0 Å². The first-order valence-electron chi connectivity index (χ1n) is 8.59. The Labute approximate surface area is 125 Å². The fourth-order valence-electron chi connectivity index (χ4n) is 2.14. The molecule has 0 saturated carbocycles. The van der Waals surface area contributed by atoms with Gasteiger partial charge in [0, 0.05) is 5.92 Å².